The van der Waals surface area contributed by atoms with Crippen LogP contribution >= 0.6 is 0 Å². The molecule has 1 saturated heterocycles. The molecule has 2 aliphatic heterocycles. The van der Waals surface area contributed by atoms with E-state index in [0.29, 0.717) is 34.8 Å². The van der Waals surface area contributed by atoms with Crippen LogP contribution < -0.4 is 10.2 Å². The largest absolute Gasteiger partial charge is 0.394 e. The zero-order chi connectivity index (χ0) is 22.2. The third-order valence-electron chi connectivity index (χ3n) is 6.61. The monoisotopic (exact) mass is 454 g/mol. The number of nitrogens with one attached hydrogen (secondary N) is 1. The lowest BCUT2D eigenvalue weighted by atomic mass is 9.96. The van der Waals surface area contributed by atoms with Crippen LogP contribution in [0, 0.1) is 5.92 Å². The van der Waals surface area contributed by atoms with Gasteiger partial charge in [0.2, 0.25) is 5.95 Å². The van der Waals surface area contributed by atoms with E-state index in [9.17, 15) is 9.32 Å². The predicted molar refractivity (Wildman–Crippen MR) is 126 cm³/mol. The van der Waals surface area contributed by atoms with Crippen LogP contribution in [0.3, 0.4) is 0 Å². The van der Waals surface area contributed by atoms with Gasteiger partial charge in [-0.15, -0.1) is 0 Å². The molecule has 2 atom stereocenters. The van der Waals surface area contributed by atoms with Gasteiger partial charge in [0, 0.05) is 37.4 Å². The quantitative estimate of drug-likeness (QED) is 0.591. The van der Waals surface area contributed by atoms with Crippen LogP contribution in [-0.2, 0) is 17.2 Å². The van der Waals surface area contributed by atoms with E-state index in [2.05, 4.69) is 40.7 Å². The van der Waals surface area contributed by atoms with E-state index >= 15 is 0 Å². The molecule has 32 heavy (non-hydrogen) atoms. The molecule has 0 spiro atoms. The van der Waals surface area contributed by atoms with E-state index in [1.807, 2.05) is 18.3 Å². The number of hydrogen-bond acceptors (Lipinski definition) is 7. The Morgan fingerprint density at radius 2 is 2.06 bits per heavy atom. The normalized spacial score (nSPS) is 20.1. The molecular formula is C23H30N6O2S. The van der Waals surface area contributed by atoms with Gasteiger partial charge < -0.3 is 19.7 Å². The van der Waals surface area contributed by atoms with Crippen molar-refractivity contribution in [2.45, 2.75) is 50.0 Å². The van der Waals surface area contributed by atoms with E-state index in [1.165, 1.54) is 0 Å². The Balaban J connectivity index is 1.37. The molecule has 0 aliphatic carbocycles. The molecule has 3 aromatic rings. The van der Waals surface area contributed by atoms with Crippen LogP contribution in [0.15, 0.2) is 35.5 Å². The molecule has 0 bridgehead atoms. The number of hydrogen-bond donors (Lipinski definition) is 2. The molecule has 1 unspecified atom stereocenters. The van der Waals surface area contributed by atoms with Crippen molar-refractivity contribution in [2.75, 3.05) is 35.7 Å². The molecule has 8 nitrogen and oxygen atoms in total. The lowest BCUT2D eigenvalue weighted by molar-refractivity contribution is 0.249. The summed E-state index contributed by atoms with van der Waals surface area (Å²) in [4.78, 5) is 17.2. The standard InChI is InChI=1S/C23H30N6O2S/c1-15(2)19(14-30)25-21-20-18(8-12-32(20)31)26-23(27-21)28-10-6-16(7-11-28)22-24-13-17-5-3-4-9-29(17)22/h3-5,9,13,15-16,19,30H,6-8,10-12,14H2,1-2H3,(H,25,26,27)/t19-,32?/m0/s1. The number of piperidine rings is 1. The fourth-order valence-electron chi connectivity index (χ4n) is 4.63. The van der Waals surface area contributed by atoms with E-state index in [-0.39, 0.29) is 18.6 Å². The number of aliphatic hydroxyl groups excluding tert-OH is 1. The minimum atomic E-state index is -1.09. The van der Waals surface area contributed by atoms with Gasteiger partial charge in [-0.05, 0) is 30.9 Å². The van der Waals surface area contributed by atoms with Crippen LogP contribution in [0.1, 0.15) is 44.1 Å². The fraction of sp³-hybridized carbons (Fsp3) is 0.522. The second-order valence-corrected chi connectivity index (χ2v) is 10.5. The second kappa shape index (κ2) is 8.78. The van der Waals surface area contributed by atoms with Gasteiger partial charge in [0.25, 0.3) is 0 Å². The van der Waals surface area contributed by atoms with Gasteiger partial charge in [-0.2, -0.15) is 4.98 Å². The summed E-state index contributed by atoms with van der Waals surface area (Å²) in [5, 5.41) is 13.1. The van der Waals surface area contributed by atoms with Gasteiger partial charge in [0.15, 0.2) is 0 Å². The van der Waals surface area contributed by atoms with Crippen LogP contribution in [0.4, 0.5) is 11.8 Å². The second-order valence-electron chi connectivity index (χ2n) is 9.00. The number of nitrogens with zero attached hydrogens (tertiary/aromatic N) is 5. The Bertz CT molecular complexity index is 1140. The van der Waals surface area contributed by atoms with Crippen molar-refractivity contribution in [1.82, 2.24) is 19.4 Å². The van der Waals surface area contributed by atoms with E-state index in [0.717, 1.165) is 43.0 Å². The molecule has 5 rings (SSSR count). The summed E-state index contributed by atoms with van der Waals surface area (Å²) in [5.41, 5.74) is 2.00. The summed E-state index contributed by atoms with van der Waals surface area (Å²) in [6.07, 6.45) is 6.69. The van der Waals surface area contributed by atoms with Crippen LogP contribution in [0.2, 0.25) is 0 Å². The highest BCUT2D eigenvalue weighted by Crippen LogP contribution is 2.33. The average Bonchev–Trinajstić information content (AvgIpc) is 3.41. The number of imidazole rings is 1. The van der Waals surface area contributed by atoms with E-state index < -0.39 is 10.8 Å². The van der Waals surface area contributed by atoms with Crippen molar-refractivity contribution in [3.8, 4) is 0 Å². The van der Waals surface area contributed by atoms with E-state index in [1.54, 1.807) is 0 Å². The fourth-order valence-corrected chi connectivity index (χ4v) is 5.94. The minimum Gasteiger partial charge on any atom is -0.394 e. The molecular weight excluding hydrogens is 424 g/mol. The van der Waals surface area contributed by atoms with E-state index in [4.69, 9.17) is 15.0 Å². The van der Waals surface area contributed by atoms with Gasteiger partial charge in [-0.25, -0.2) is 9.97 Å². The van der Waals surface area contributed by atoms with Gasteiger partial charge in [0.05, 0.1) is 40.9 Å². The van der Waals surface area contributed by atoms with Crippen LogP contribution in [0.5, 0.6) is 0 Å². The molecule has 170 valence electrons. The first kappa shape index (κ1) is 21.3. The van der Waals surface area contributed by atoms with Gasteiger partial charge in [0.1, 0.15) is 16.5 Å². The number of anilines is 2. The number of rotatable bonds is 6. The first-order valence-corrected chi connectivity index (χ1v) is 12.7. The summed E-state index contributed by atoms with van der Waals surface area (Å²) < 4.78 is 14.8. The molecule has 3 aromatic heterocycles. The molecule has 9 heteroatoms. The van der Waals surface area contributed by atoms with Crippen molar-refractivity contribution in [2.24, 2.45) is 5.92 Å². The Labute approximate surface area is 190 Å². The van der Waals surface area contributed by atoms with Gasteiger partial charge in [-0.3, -0.25) is 4.21 Å². The molecule has 5 heterocycles. The topological polar surface area (TPSA) is 95.7 Å². The predicted octanol–water partition coefficient (Wildman–Crippen LogP) is 2.60. The highest BCUT2D eigenvalue weighted by molar-refractivity contribution is 7.85. The number of aliphatic hydroxyl groups is 1. The summed E-state index contributed by atoms with van der Waals surface area (Å²) in [6, 6.07) is 6.02. The maximum absolute atomic E-state index is 12.6. The molecule has 0 saturated carbocycles. The average molecular weight is 455 g/mol. The summed E-state index contributed by atoms with van der Waals surface area (Å²) in [7, 11) is -1.09. The molecule has 0 radical (unpaired) electrons. The number of aromatic nitrogens is 4. The highest BCUT2D eigenvalue weighted by Gasteiger charge is 2.30. The Morgan fingerprint density at radius 3 is 2.81 bits per heavy atom. The molecule has 2 aliphatic rings. The molecule has 0 aromatic carbocycles. The lowest BCUT2D eigenvalue weighted by Gasteiger charge is -2.32. The Kier molecular flexibility index (Phi) is 5.86. The van der Waals surface area contributed by atoms with Crippen molar-refractivity contribution < 1.29 is 9.32 Å². The number of pyridine rings is 1. The van der Waals surface area contributed by atoms with Crippen LogP contribution in [-0.4, -0.2) is 60.2 Å². The van der Waals surface area contributed by atoms with Gasteiger partial charge in [-0.1, -0.05) is 19.9 Å². The van der Waals surface area contributed by atoms with Crippen molar-refractivity contribution >= 4 is 28.1 Å². The first-order chi connectivity index (χ1) is 15.5. The van der Waals surface area contributed by atoms with Gasteiger partial charge >= 0.3 is 0 Å². The summed E-state index contributed by atoms with van der Waals surface area (Å²) >= 11 is 0. The van der Waals surface area contributed by atoms with Crippen LogP contribution in [0.25, 0.3) is 5.52 Å². The molecule has 0 amide bonds. The number of fused-ring (bicyclic) bond motifs is 2. The summed E-state index contributed by atoms with van der Waals surface area (Å²) in [6.45, 7) is 5.80. The number of aryl methyl sites for hydroxylation is 1. The summed E-state index contributed by atoms with van der Waals surface area (Å²) in [5.74, 6) is 3.64. The smallest absolute Gasteiger partial charge is 0.227 e. The Hall–Kier alpha value is -2.52. The third-order valence-corrected chi connectivity index (χ3v) is 8.07. The maximum Gasteiger partial charge on any atom is 0.227 e. The molecule has 2 N–H and O–H groups in total. The van der Waals surface area contributed by atoms with Crippen molar-refractivity contribution in [1.29, 1.82) is 0 Å². The van der Waals surface area contributed by atoms with Crippen molar-refractivity contribution in [3.05, 3.63) is 42.1 Å². The Morgan fingerprint density at radius 1 is 1.25 bits per heavy atom. The first-order valence-electron chi connectivity index (χ1n) is 11.4. The van der Waals surface area contributed by atoms with Crippen molar-refractivity contribution in [3.63, 3.8) is 0 Å². The highest BCUT2D eigenvalue weighted by atomic mass is 32.2. The zero-order valence-electron chi connectivity index (χ0n) is 18.6. The lowest BCUT2D eigenvalue weighted by Crippen LogP contribution is -2.35. The maximum atomic E-state index is 12.6. The third kappa shape index (κ3) is 3.88. The minimum absolute atomic E-state index is 0.00206. The SMILES string of the molecule is CC(C)[C@H](CO)Nc1nc(N2CCC(c3ncc4ccccn34)CC2)nc2c1S(=O)CC2. The zero-order valence-corrected chi connectivity index (χ0v) is 19.4. The molecule has 1 fully saturated rings.